The van der Waals surface area contributed by atoms with Crippen LogP contribution in [0.3, 0.4) is 0 Å². The van der Waals surface area contributed by atoms with Gasteiger partial charge in [0, 0.05) is 6.54 Å². The minimum atomic E-state index is -0.367. The van der Waals surface area contributed by atoms with Gasteiger partial charge in [0.2, 0.25) is 0 Å². The van der Waals surface area contributed by atoms with Crippen LogP contribution in [-0.4, -0.2) is 29.6 Å². The fourth-order valence-corrected chi connectivity index (χ4v) is 3.35. The second kappa shape index (κ2) is 6.65. The molecule has 1 atom stereocenters. The van der Waals surface area contributed by atoms with Gasteiger partial charge in [-0.3, -0.25) is 10.1 Å². The molecule has 0 radical (unpaired) electrons. The van der Waals surface area contributed by atoms with Crippen LogP contribution >= 0.6 is 11.8 Å². The number of benzene rings is 1. The fraction of sp³-hybridized carbons (Fsp3) is 0.538. The van der Waals surface area contributed by atoms with Crippen LogP contribution in [-0.2, 0) is 0 Å². The Labute approximate surface area is 116 Å². The highest BCUT2D eigenvalue weighted by Gasteiger charge is 2.19. The van der Waals surface area contributed by atoms with Crippen LogP contribution in [0.1, 0.15) is 13.3 Å². The largest absolute Gasteiger partial charge is 0.494 e. The predicted octanol–water partition coefficient (Wildman–Crippen LogP) is 3.16. The van der Waals surface area contributed by atoms with Gasteiger partial charge in [-0.05, 0) is 42.9 Å². The van der Waals surface area contributed by atoms with Gasteiger partial charge in [-0.15, -0.1) is 0 Å². The minimum Gasteiger partial charge on any atom is -0.494 e. The fourth-order valence-electron chi connectivity index (χ4n) is 2.07. The van der Waals surface area contributed by atoms with E-state index in [0.717, 1.165) is 12.3 Å². The number of nitro groups is 1. The van der Waals surface area contributed by atoms with Crippen molar-refractivity contribution in [1.82, 2.24) is 0 Å². The SMILES string of the molecule is CCOc1ccc(NCC2CCSC2)c([N+](=O)[O-])c1. The van der Waals surface area contributed by atoms with Gasteiger partial charge in [-0.25, -0.2) is 0 Å². The van der Waals surface area contributed by atoms with Crippen molar-refractivity contribution in [3.8, 4) is 5.75 Å². The molecule has 0 bridgehead atoms. The number of nitrogens with one attached hydrogen (secondary N) is 1. The second-order valence-electron chi connectivity index (χ2n) is 4.48. The Morgan fingerprint density at radius 2 is 2.42 bits per heavy atom. The van der Waals surface area contributed by atoms with Gasteiger partial charge in [-0.2, -0.15) is 11.8 Å². The Kier molecular flexibility index (Phi) is 4.90. The Morgan fingerprint density at radius 1 is 1.58 bits per heavy atom. The van der Waals surface area contributed by atoms with Crippen molar-refractivity contribution in [3.63, 3.8) is 0 Å². The number of hydrogen-bond donors (Lipinski definition) is 1. The lowest BCUT2D eigenvalue weighted by Gasteiger charge is -2.12. The molecule has 1 aliphatic heterocycles. The van der Waals surface area contributed by atoms with Gasteiger partial charge in [0.25, 0.3) is 5.69 Å². The first-order valence-corrected chi connectivity index (χ1v) is 7.59. The van der Waals surface area contributed by atoms with Crippen molar-refractivity contribution < 1.29 is 9.66 Å². The molecule has 1 aromatic carbocycles. The summed E-state index contributed by atoms with van der Waals surface area (Å²) in [4.78, 5) is 10.7. The number of thioether (sulfide) groups is 1. The molecular formula is C13H18N2O3S. The van der Waals surface area contributed by atoms with Crippen molar-refractivity contribution in [2.45, 2.75) is 13.3 Å². The lowest BCUT2D eigenvalue weighted by atomic mass is 10.1. The molecule has 6 heteroatoms. The molecule has 1 saturated heterocycles. The van der Waals surface area contributed by atoms with Gasteiger partial charge in [-0.1, -0.05) is 0 Å². The van der Waals surface area contributed by atoms with Gasteiger partial charge < -0.3 is 10.1 Å². The van der Waals surface area contributed by atoms with Gasteiger partial charge in [0.15, 0.2) is 0 Å². The van der Waals surface area contributed by atoms with E-state index >= 15 is 0 Å². The molecule has 0 aromatic heterocycles. The summed E-state index contributed by atoms with van der Waals surface area (Å²) in [5.41, 5.74) is 0.655. The predicted molar refractivity (Wildman–Crippen MR) is 78.2 cm³/mol. The maximum Gasteiger partial charge on any atom is 0.296 e. The Bertz CT molecular complexity index is 448. The maximum atomic E-state index is 11.1. The zero-order valence-corrected chi connectivity index (χ0v) is 11.7. The summed E-state index contributed by atoms with van der Waals surface area (Å²) in [6, 6.07) is 4.97. The lowest BCUT2D eigenvalue weighted by molar-refractivity contribution is -0.384. The molecule has 0 saturated carbocycles. The van der Waals surface area contributed by atoms with Crippen LogP contribution in [0, 0.1) is 16.0 Å². The first kappa shape index (κ1) is 14.0. The maximum absolute atomic E-state index is 11.1. The van der Waals surface area contributed by atoms with E-state index in [9.17, 15) is 10.1 Å². The second-order valence-corrected chi connectivity index (χ2v) is 5.63. The molecule has 1 unspecified atom stereocenters. The van der Waals surface area contributed by atoms with Gasteiger partial charge in [0.1, 0.15) is 11.4 Å². The molecule has 2 rings (SSSR count). The quantitative estimate of drug-likeness (QED) is 0.641. The Hall–Kier alpha value is -1.43. The average Bonchev–Trinajstić information content (AvgIpc) is 2.90. The standard InChI is InChI=1S/C13H18N2O3S/c1-2-18-11-3-4-12(13(7-11)15(16)17)14-8-10-5-6-19-9-10/h3-4,7,10,14H,2,5-6,8-9H2,1H3. The molecule has 5 nitrogen and oxygen atoms in total. The van der Waals surface area contributed by atoms with E-state index in [0.29, 0.717) is 24.0 Å². The van der Waals surface area contributed by atoms with Crippen LogP contribution in [0.25, 0.3) is 0 Å². The van der Waals surface area contributed by atoms with Gasteiger partial charge in [0.05, 0.1) is 17.6 Å². The molecule has 0 amide bonds. The van der Waals surface area contributed by atoms with E-state index in [4.69, 9.17) is 4.74 Å². The molecule has 104 valence electrons. The minimum absolute atomic E-state index is 0.0802. The highest BCUT2D eigenvalue weighted by atomic mass is 32.2. The molecule has 1 N–H and O–H groups in total. The first-order valence-electron chi connectivity index (χ1n) is 6.43. The van der Waals surface area contributed by atoms with Gasteiger partial charge >= 0.3 is 0 Å². The third kappa shape index (κ3) is 3.76. The molecule has 0 aliphatic carbocycles. The molecule has 19 heavy (non-hydrogen) atoms. The molecular weight excluding hydrogens is 264 g/mol. The summed E-state index contributed by atoms with van der Waals surface area (Å²) in [5.74, 6) is 3.47. The highest BCUT2D eigenvalue weighted by Crippen LogP contribution is 2.30. The Morgan fingerprint density at radius 3 is 3.05 bits per heavy atom. The van der Waals surface area contributed by atoms with E-state index in [1.54, 1.807) is 12.1 Å². The topological polar surface area (TPSA) is 64.4 Å². The number of hydrogen-bond acceptors (Lipinski definition) is 5. The summed E-state index contributed by atoms with van der Waals surface area (Å²) in [6.07, 6.45) is 1.18. The number of nitro benzene ring substituents is 1. The Balaban J connectivity index is 2.07. The van der Waals surface area contributed by atoms with Crippen LogP contribution in [0.5, 0.6) is 5.75 Å². The zero-order valence-electron chi connectivity index (χ0n) is 10.9. The van der Waals surface area contributed by atoms with Crippen molar-refractivity contribution in [3.05, 3.63) is 28.3 Å². The third-order valence-electron chi connectivity index (χ3n) is 3.08. The van der Waals surface area contributed by atoms with Crippen LogP contribution in [0.2, 0.25) is 0 Å². The lowest BCUT2D eigenvalue weighted by Crippen LogP contribution is -2.14. The number of rotatable bonds is 6. The molecule has 1 heterocycles. The van der Waals surface area contributed by atoms with E-state index in [1.165, 1.54) is 18.2 Å². The summed E-state index contributed by atoms with van der Waals surface area (Å²) in [5, 5.41) is 14.3. The molecule has 0 spiro atoms. The third-order valence-corrected chi connectivity index (χ3v) is 4.31. The molecule has 1 aromatic rings. The summed E-state index contributed by atoms with van der Waals surface area (Å²) in [7, 11) is 0. The van der Waals surface area contributed by atoms with E-state index in [-0.39, 0.29) is 10.6 Å². The van der Waals surface area contributed by atoms with Crippen LogP contribution in [0.15, 0.2) is 18.2 Å². The molecule has 1 fully saturated rings. The average molecular weight is 282 g/mol. The normalized spacial score (nSPS) is 18.3. The monoisotopic (exact) mass is 282 g/mol. The first-order chi connectivity index (χ1) is 9.20. The summed E-state index contributed by atoms with van der Waals surface area (Å²) >= 11 is 1.94. The highest BCUT2D eigenvalue weighted by molar-refractivity contribution is 7.99. The molecule has 1 aliphatic rings. The van der Waals surface area contributed by atoms with Crippen molar-refractivity contribution in [2.75, 3.05) is 30.0 Å². The van der Waals surface area contributed by atoms with E-state index < -0.39 is 0 Å². The van der Waals surface area contributed by atoms with E-state index in [2.05, 4.69) is 5.32 Å². The van der Waals surface area contributed by atoms with Crippen LogP contribution in [0.4, 0.5) is 11.4 Å². The summed E-state index contributed by atoms with van der Waals surface area (Å²) in [6.45, 7) is 3.15. The summed E-state index contributed by atoms with van der Waals surface area (Å²) < 4.78 is 5.29. The zero-order chi connectivity index (χ0) is 13.7. The smallest absolute Gasteiger partial charge is 0.296 e. The van der Waals surface area contributed by atoms with Crippen molar-refractivity contribution in [2.24, 2.45) is 5.92 Å². The van der Waals surface area contributed by atoms with Crippen molar-refractivity contribution in [1.29, 1.82) is 0 Å². The number of anilines is 1. The number of ether oxygens (including phenoxy) is 1. The van der Waals surface area contributed by atoms with Crippen LogP contribution < -0.4 is 10.1 Å². The van der Waals surface area contributed by atoms with Crippen molar-refractivity contribution >= 4 is 23.1 Å². The number of nitrogens with zero attached hydrogens (tertiary/aromatic N) is 1. The van der Waals surface area contributed by atoms with E-state index in [1.807, 2.05) is 18.7 Å².